The third-order valence-electron chi connectivity index (χ3n) is 12.5. The summed E-state index contributed by atoms with van der Waals surface area (Å²) in [5.74, 6) is 0. The fraction of sp³-hybridized carbons (Fsp3) is 0.0545. The summed E-state index contributed by atoms with van der Waals surface area (Å²) in [6.45, 7) is 4.71. The molecule has 0 bridgehead atoms. The van der Waals surface area contributed by atoms with Crippen molar-refractivity contribution in [1.29, 1.82) is 0 Å². The molecule has 58 heavy (non-hydrogen) atoms. The van der Waals surface area contributed by atoms with Crippen LogP contribution in [0.5, 0.6) is 0 Å². The van der Waals surface area contributed by atoms with Crippen molar-refractivity contribution < 1.29 is 8.83 Å². The summed E-state index contributed by atoms with van der Waals surface area (Å²) < 4.78 is 13.0. The van der Waals surface area contributed by atoms with E-state index in [9.17, 15) is 0 Å². The zero-order valence-corrected chi connectivity index (χ0v) is 32.2. The minimum absolute atomic E-state index is 0.112. The Morgan fingerprint density at radius 1 is 0.414 bits per heavy atom. The summed E-state index contributed by atoms with van der Waals surface area (Å²) >= 11 is 0. The first-order chi connectivity index (χ1) is 28.5. The molecule has 1 aliphatic carbocycles. The molecule has 0 aliphatic heterocycles. The highest BCUT2D eigenvalue weighted by molar-refractivity contribution is 6.20. The highest BCUT2D eigenvalue weighted by atomic mass is 16.3. The average Bonchev–Trinajstić information content (AvgIpc) is 3.92. The summed E-state index contributed by atoms with van der Waals surface area (Å²) in [6, 6.07) is 67.7. The number of benzene rings is 9. The highest BCUT2D eigenvalue weighted by Gasteiger charge is 2.37. The molecule has 1 aliphatic rings. The fourth-order valence-electron chi connectivity index (χ4n) is 9.83. The zero-order chi connectivity index (χ0) is 38.5. The predicted octanol–water partition coefficient (Wildman–Crippen LogP) is 15.7. The van der Waals surface area contributed by atoms with Gasteiger partial charge in [-0.2, -0.15) is 0 Å². The summed E-state index contributed by atoms with van der Waals surface area (Å²) in [5.41, 5.74) is 16.8. The van der Waals surface area contributed by atoms with Gasteiger partial charge >= 0.3 is 0 Å². The fourth-order valence-corrected chi connectivity index (χ4v) is 9.83. The molecule has 11 aromatic rings. The SMILES string of the molecule is CC1(C)c2ccccc2-c2cccc(-c3ccc(N(c4ccc5oc6ccccc6c5c4)c4ccccc4-c4cccc5oc6c7ccccc7ccc6c45)cc3)c21. The molecule has 12 rings (SSSR count). The Morgan fingerprint density at radius 3 is 1.97 bits per heavy atom. The van der Waals surface area contributed by atoms with Gasteiger partial charge in [-0.25, -0.2) is 0 Å². The van der Waals surface area contributed by atoms with Gasteiger partial charge in [-0.15, -0.1) is 0 Å². The van der Waals surface area contributed by atoms with Gasteiger partial charge in [-0.05, 0) is 98.9 Å². The number of fused-ring (bicyclic) bond motifs is 11. The third kappa shape index (κ3) is 4.74. The van der Waals surface area contributed by atoms with Gasteiger partial charge in [0, 0.05) is 49.3 Å². The van der Waals surface area contributed by atoms with E-state index in [4.69, 9.17) is 8.83 Å². The lowest BCUT2D eigenvalue weighted by molar-refractivity contribution is 0.662. The van der Waals surface area contributed by atoms with Crippen LogP contribution >= 0.6 is 0 Å². The normalized spacial score (nSPS) is 13.1. The van der Waals surface area contributed by atoms with Crippen LogP contribution in [0.3, 0.4) is 0 Å². The standard InChI is InChI=1S/C55H37NO2/c1-55(2)47-21-8-5-15-40(47)44-20-11-18-38(53(44)55)35-25-28-36(29-26-35)56(37-30-32-50-46(33-37)42-17-7-10-23-49(42)57-50)48-22-9-6-16-41(48)43-19-12-24-51-52(43)45-31-27-34-13-3-4-14-39(34)54(45)58-51/h3-33H,1-2H3. The van der Waals surface area contributed by atoms with Crippen molar-refractivity contribution in [3.63, 3.8) is 0 Å². The Balaban J connectivity index is 1.06. The lowest BCUT2D eigenvalue weighted by atomic mass is 9.79. The zero-order valence-electron chi connectivity index (χ0n) is 32.2. The Bertz CT molecular complexity index is 3440. The first-order valence-electron chi connectivity index (χ1n) is 20.0. The van der Waals surface area contributed by atoms with Crippen molar-refractivity contribution >= 4 is 71.7 Å². The van der Waals surface area contributed by atoms with E-state index >= 15 is 0 Å². The number of rotatable bonds is 5. The smallest absolute Gasteiger partial charge is 0.143 e. The summed E-state index contributed by atoms with van der Waals surface area (Å²) in [6.07, 6.45) is 0. The quantitative estimate of drug-likeness (QED) is 0.176. The number of hydrogen-bond acceptors (Lipinski definition) is 3. The number of nitrogens with zero attached hydrogens (tertiary/aromatic N) is 1. The molecular formula is C55H37NO2. The molecule has 2 heterocycles. The molecule has 0 fully saturated rings. The number of anilines is 3. The summed E-state index contributed by atoms with van der Waals surface area (Å²) in [5, 5.41) is 6.70. The molecule has 0 saturated carbocycles. The van der Waals surface area contributed by atoms with Gasteiger partial charge in [0.1, 0.15) is 22.3 Å². The van der Waals surface area contributed by atoms with Crippen molar-refractivity contribution in [2.75, 3.05) is 4.90 Å². The van der Waals surface area contributed by atoms with Crippen LogP contribution in [0.2, 0.25) is 0 Å². The van der Waals surface area contributed by atoms with Gasteiger partial charge in [-0.3, -0.25) is 0 Å². The summed E-state index contributed by atoms with van der Waals surface area (Å²) in [4.78, 5) is 2.39. The van der Waals surface area contributed by atoms with Gasteiger partial charge in [0.25, 0.3) is 0 Å². The second-order valence-corrected chi connectivity index (χ2v) is 16.0. The third-order valence-corrected chi connectivity index (χ3v) is 12.5. The largest absolute Gasteiger partial charge is 0.456 e. The van der Waals surface area contributed by atoms with Gasteiger partial charge in [0.15, 0.2) is 0 Å². The van der Waals surface area contributed by atoms with E-state index in [-0.39, 0.29) is 5.41 Å². The van der Waals surface area contributed by atoms with Crippen molar-refractivity contribution in [2.45, 2.75) is 19.3 Å². The lowest BCUT2D eigenvalue weighted by Gasteiger charge is -2.28. The number of para-hydroxylation sites is 2. The topological polar surface area (TPSA) is 29.5 Å². The molecule has 274 valence electrons. The van der Waals surface area contributed by atoms with Crippen LogP contribution in [-0.4, -0.2) is 0 Å². The van der Waals surface area contributed by atoms with Crippen LogP contribution in [0.1, 0.15) is 25.0 Å². The number of hydrogen-bond donors (Lipinski definition) is 0. The van der Waals surface area contributed by atoms with Crippen LogP contribution in [0, 0.1) is 0 Å². The molecule has 0 N–H and O–H groups in total. The van der Waals surface area contributed by atoms with Crippen molar-refractivity contribution in [1.82, 2.24) is 0 Å². The van der Waals surface area contributed by atoms with Crippen LogP contribution in [0.25, 0.3) is 88.0 Å². The van der Waals surface area contributed by atoms with Gasteiger partial charge in [0.05, 0.1) is 5.69 Å². The molecule has 0 atom stereocenters. The molecule has 0 unspecified atom stereocenters. The van der Waals surface area contributed by atoms with E-state index < -0.39 is 0 Å². The minimum Gasteiger partial charge on any atom is -0.456 e. The molecule has 2 aromatic heterocycles. The molecule has 3 nitrogen and oxygen atoms in total. The van der Waals surface area contributed by atoms with E-state index in [2.05, 4.69) is 195 Å². The van der Waals surface area contributed by atoms with Crippen molar-refractivity contribution in [2.24, 2.45) is 0 Å². The van der Waals surface area contributed by atoms with Crippen LogP contribution in [-0.2, 0) is 5.41 Å². The molecule has 0 radical (unpaired) electrons. The average molecular weight is 744 g/mol. The van der Waals surface area contributed by atoms with Crippen molar-refractivity contribution in [3.05, 3.63) is 199 Å². The van der Waals surface area contributed by atoms with Gasteiger partial charge in [0.2, 0.25) is 0 Å². The van der Waals surface area contributed by atoms with Crippen LogP contribution < -0.4 is 4.90 Å². The van der Waals surface area contributed by atoms with Gasteiger partial charge in [-0.1, -0.05) is 147 Å². The van der Waals surface area contributed by atoms with Crippen LogP contribution in [0.15, 0.2) is 197 Å². The molecule has 0 spiro atoms. The minimum atomic E-state index is -0.112. The molecule has 3 heteroatoms. The number of furan rings is 2. The Kier molecular flexibility index (Phi) is 6.98. The lowest BCUT2D eigenvalue weighted by Crippen LogP contribution is -2.16. The maximum Gasteiger partial charge on any atom is 0.143 e. The predicted molar refractivity (Wildman–Crippen MR) is 242 cm³/mol. The second-order valence-electron chi connectivity index (χ2n) is 16.0. The van der Waals surface area contributed by atoms with E-state index in [0.717, 1.165) is 77.5 Å². The van der Waals surface area contributed by atoms with Crippen molar-refractivity contribution in [3.8, 4) is 33.4 Å². The first-order valence-corrected chi connectivity index (χ1v) is 20.0. The maximum absolute atomic E-state index is 6.68. The molecular weight excluding hydrogens is 707 g/mol. The van der Waals surface area contributed by atoms with E-state index in [1.165, 1.54) is 38.8 Å². The Hall–Kier alpha value is -7.36. The first kappa shape index (κ1) is 32.8. The Labute approximate surface area is 336 Å². The maximum atomic E-state index is 6.68. The van der Waals surface area contributed by atoms with E-state index in [1.807, 2.05) is 12.1 Å². The monoisotopic (exact) mass is 743 g/mol. The van der Waals surface area contributed by atoms with Gasteiger partial charge < -0.3 is 13.7 Å². The highest BCUT2D eigenvalue weighted by Crippen LogP contribution is 2.53. The Morgan fingerprint density at radius 2 is 1.07 bits per heavy atom. The van der Waals surface area contributed by atoms with E-state index in [0.29, 0.717) is 0 Å². The summed E-state index contributed by atoms with van der Waals surface area (Å²) in [7, 11) is 0. The van der Waals surface area contributed by atoms with Crippen LogP contribution in [0.4, 0.5) is 17.1 Å². The second kappa shape index (κ2) is 12.3. The molecule has 0 saturated heterocycles. The van der Waals surface area contributed by atoms with E-state index in [1.54, 1.807) is 0 Å². The molecule has 9 aromatic carbocycles. The molecule has 0 amide bonds.